The van der Waals surface area contributed by atoms with Gasteiger partial charge in [0.2, 0.25) is 0 Å². The standard InChI is InChI=1S/C20H28N2O2.ClH/c1-2-3-11-21-12-7-6-8-16(13-21)14-22-15-18(20(23)24)17-9-4-5-10-19(17)22;/h4-5,9-10,15-16H,2-3,6-8,11-14H2,1H3,(H,23,24);1H. The number of para-hydroxylation sites is 1. The number of hydrogen-bond donors (Lipinski definition) is 1. The number of unbranched alkanes of at least 4 members (excludes halogenated alkanes) is 1. The number of aromatic nitrogens is 1. The van der Waals surface area contributed by atoms with Crippen LogP contribution >= 0.6 is 12.4 Å². The smallest absolute Gasteiger partial charge is 0.337 e. The molecule has 25 heavy (non-hydrogen) atoms. The van der Waals surface area contributed by atoms with Gasteiger partial charge in [-0.1, -0.05) is 38.0 Å². The molecule has 1 aromatic carbocycles. The van der Waals surface area contributed by atoms with Crippen LogP contribution in [0.2, 0.25) is 0 Å². The first-order chi connectivity index (χ1) is 11.7. The minimum absolute atomic E-state index is 0. The van der Waals surface area contributed by atoms with E-state index in [9.17, 15) is 9.90 Å². The number of benzene rings is 1. The Bertz CT molecular complexity index is 698. The van der Waals surface area contributed by atoms with Gasteiger partial charge >= 0.3 is 5.97 Å². The summed E-state index contributed by atoms with van der Waals surface area (Å²) in [6, 6.07) is 7.85. The molecule has 1 aromatic heterocycles. The summed E-state index contributed by atoms with van der Waals surface area (Å²) in [5.74, 6) is -0.239. The van der Waals surface area contributed by atoms with Gasteiger partial charge in [-0.15, -0.1) is 12.4 Å². The first-order valence-corrected chi connectivity index (χ1v) is 9.22. The van der Waals surface area contributed by atoms with Crippen LogP contribution in [0.1, 0.15) is 49.4 Å². The van der Waals surface area contributed by atoms with Crippen LogP contribution in [0.25, 0.3) is 10.9 Å². The second kappa shape index (κ2) is 9.25. The molecule has 0 aliphatic carbocycles. The largest absolute Gasteiger partial charge is 0.478 e. The molecule has 1 fully saturated rings. The maximum atomic E-state index is 11.5. The fourth-order valence-electron chi connectivity index (χ4n) is 3.90. The van der Waals surface area contributed by atoms with Crippen molar-refractivity contribution in [2.45, 2.75) is 45.6 Å². The average Bonchev–Trinajstić information content (AvgIpc) is 2.79. The minimum Gasteiger partial charge on any atom is -0.478 e. The van der Waals surface area contributed by atoms with Gasteiger partial charge in [-0.25, -0.2) is 4.79 Å². The summed E-state index contributed by atoms with van der Waals surface area (Å²) in [6.45, 7) is 6.70. The second-order valence-corrected chi connectivity index (χ2v) is 7.03. The fraction of sp³-hybridized carbons (Fsp3) is 0.550. The highest BCUT2D eigenvalue weighted by atomic mass is 35.5. The summed E-state index contributed by atoms with van der Waals surface area (Å²) in [5, 5.41) is 10.3. The number of likely N-dealkylation sites (tertiary alicyclic amines) is 1. The topological polar surface area (TPSA) is 45.5 Å². The monoisotopic (exact) mass is 364 g/mol. The van der Waals surface area contributed by atoms with Gasteiger partial charge in [0, 0.05) is 30.2 Å². The SMILES string of the molecule is CCCCN1CCCCC(Cn2cc(C(=O)O)c3ccccc32)C1.Cl. The van der Waals surface area contributed by atoms with Crippen molar-refractivity contribution < 1.29 is 9.90 Å². The first-order valence-electron chi connectivity index (χ1n) is 9.22. The van der Waals surface area contributed by atoms with Gasteiger partial charge in [-0.3, -0.25) is 0 Å². The van der Waals surface area contributed by atoms with Gasteiger partial charge < -0.3 is 14.6 Å². The second-order valence-electron chi connectivity index (χ2n) is 7.03. The first kappa shape index (κ1) is 19.8. The highest BCUT2D eigenvalue weighted by Crippen LogP contribution is 2.25. The van der Waals surface area contributed by atoms with Crippen molar-refractivity contribution in [1.82, 2.24) is 9.47 Å². The average molecular weight is 365 g/mol. The van der Waals surface area contributed by atoms with Crippen molar-refractivity contribution in [3.63, 3.8) is 0 Å². The molecule has 2 aromatic rings. The molecule has 5 heteroatoms. The number of carboxylic acids is 1. The molecule has 1 saturated heterocycles. The van der Waals surface area contributed by atoms with E-state index in [-0.39, 0.29) is 12.4 Å². The summed E-state index contributed by atoms with van der Waals surface area (Å²) in [4.78, 5) is 14.1. The van der Waals surface area contributed by atoms with Crippen molar-refractivity contribution in [2.75, 3.05) is 19.6 Å². The van der Waals surface area contributed by atoms with Gasteiger partial charge in [0.15, 0.2) is 0 Å². The van der Waals surface area contributed by atoms with Crippen molar-refractivity contribution in [2.24, 2.45) is 5.92 Å². The van der Waals surface area contributed by atoms with E-state index in [4.69, 9.17) is 0 Å². The van der Waals surface area contributed by atoms with Crippen LogP contribution in [0.5, 0.6) is 0 Å². The van der Waals surface area contributed by atoms with Crippen LogP contribution in [0, 0.1) is 5.92 Å². The van der Waals surface area contributed by atoms with E-state index in [2.05, 4.69) is 16.4 Å². The summed E-state index contributed by atoms with van der Waals surface area (Å²) in [6.07, 6.45) is 8.13. The third kappa shape index (κ3) is 4.77. The van der Waals surface area contributed by atoms with Gasteiger partial charge in [0.05, 0.1) is 5.56 Å². The van der Waals surface area contributed by atoms with Gasteiger partial charge in [-0.05, 0) is 44.3 Å². The highest BCUT2D eigenvalue weighted by Gasteiger charge is 2.20. The number of hydrogen-bond acceptors (Lipinski definition) is 2. The van der Waals surface area contributed by atoms with E-state index in [1.54, 1.807) is 0 Å². The van der Waals surface area contributed by atoms with Crippen LogP contribution in [0.4, 0.5) is 0 Å². The Hall–Kier alpha value is -1.52. The Labute approximate surface area is 156 Å². The number of carboxylic acid groups (broad SMARTS) is 1. The van der Waals surface area contributed by atoms with Gasteiger partial charge in [0.25, 0.3) is 0 Å². The Morgan fingerprint density at radius 3 is 2.84 bits per heavy atom. The molecule has 1 atom stereocenters. The third-order valence-electron chi connectivity index (χ3n) is 5.15. The predicted octanol–water partition coefficient (Wildman–Crippen LogP) is 4.66. The number of nitrogens with zero attached hydrogens (tertiary/aromatic N) is 2. The Balaban J connectivity index is 0.00000225. The van der Waals surface area contributed by atoms with Crippen LogP contribution in [0.15, 0.2) is 30.5 Å². The Kier molecular flexibility index (Phi) is 7.33. The number of fused-ring (bicyclic) bond motifs is 1. The molecule has 1 aliphatic rings. The van der Waals surface area contributed by atoms with Crippen molar-refractivity contribution in [3.05, 3.63) is 36.0 Å². The molecule has 0 spiro atoms. The molecule has 1 N–H and O–H groups in total. The van der Waals surface area contributed by atoms with E-state index in [1.165, 1.54) is 45.2 Å². The zero-order chi connectivity index (χ0) is 16.9. The zero-order valence-electron chi connectivity index (χ0n) is 15.0. The molecule has 0 bridgehead atoms. The number of carbonyl (C=O) groups is 1. The lowest BCUT2D eigenvalue weighted by Gasteiger charge is -2.24. The lowest BCUT2D eigenvalue weighted by atomic mass is 10.0. The fourth-order valence-corrected chi connectivity index (χ4v) is 3.90. The minimum atomic E-state index is -0.838. The maximum Gasteiger partial charge on any atom is 0.337 e. The molecule has 0 radical (unpaired) electrons. The van der Waals surface area contributed by atoms with Crippen LogP contribution < -0.4 is 0 Å². The summed E-state index contributed by atoms with van der Waals surface area (Å²) < 4.78 is 2.16. The van der Waals surface area contributed by atoms with Crippen molar-refractivity contribution in [1.29, 1.82) is 0 Å². The molecule has 3 rings (SSSR count). The third-order valence-corrected chi connectivity index (χ3v) is 5.15. The summed E-state index contributed by atoms with van der Waals surface area (Å²) in [7, 11) is 0. The van der Waals surface area contributed by atoms with Crippen LogP contribution in [-0.4, -0.2) is 40.2 Å². The van der Waals surface area contributed by atoms with E-state index < -0.39 is 5.97 Å². The number of halogens is 1. The van der Waals surface area contributed by atoms with Gasteiger partial charge in [0.1, 0.15) is 0 Å². The summed E-state index contributed by atoms with van der Waals surface area (Å²) in [5.41, 5.74) is 1.46. The number of aromatic carboxylic acids is 1. The molecule has 4 nitrogen and oxygen atoms in total. The maximum absolute atomic E-state index is 11.5. The Morgan fingerprint density at radius 1 is 1.28 bits per heavy atom. The molecule has 0 saturated carbocycles. The quantitative estimate of drug-likeness (QED) is 0.810. The van der Waals surface area contributed by atoms with E-state index in [1.807, 2.05) is 30.5 Å². The number of rotatable bonds is 6. The molecule has 138 valence electrons. The normalized spacial score (nSPS) is 18.7. The van der Waals surface area contributed by atoms with E-state index in [0.717, 1.165) is 24.0 Å². The molecule has 1 aliphatic heterocycles. The zero-order valence-corrected chi connectivity index (χ0v) is 15.8. The molecule has 0 amide bonds. The van der Waals surface area contributed by atoms with E-state index in [0.29, 0.717) is 11.5 Å². The van der Waals surface area contributed by atoms with Crippen LogP contribution in [0.3, 0.4) is 0 Å². The molecular weight excluding hydrogens is 336 g/mol. The lowest BCUT2D eigenvalue weighted by molar-refractivity contribution is 0.0698. The van der Waals surface area contributed by atoms with Gasteiger partial charge in [-0.2, -0.15) is 0 Å². The van der Waals surface area contributed by atoms with Crippen molar-refractivity contribution in [3.8, 4) is 0 Å². The highest BCUT2D eigenvalue weighted by molar-refractivity contribution is 6.03. The molecule has 2 heterocycles. The van der Waals surface area contributed by atoms with Crippen LogP contribution in [-0.2, 0) is 6.54 Å². The van der Waals surface area contributed by atoms with Crippen molar-refractivity contribution >= 4 is 29.3 Å². The summed E-state index contributed by atoms with van der Waals surface area (Å²) >= 11 is 0. The predicted molar refractivity (Wildman–Crippen MR) is 105 cm³/mol. The molecule has 1 unspecified atom stereocenters. The van der Waals surface area contributed by atoms with E-state index >= 15 is 0 Å². The lowest BCUT2D eigenvalue weighted by Crippen LogP contribution is -2.31. The Morgan fingerprint density at radius 2 is 2.08 bits per heavy atom. The molecular formula is C20H29ClN2O2.